The van der Waals surface area contributed by atoms with Gasteiger partial charge in [-0.25, -0.2) is 8.42 Å². The average Bonchev–Trinajstić information content (AvgIpc) is 2.32. The largest absolute Gasteiger partial charge is 0.355 e. The van der Waals surface area contributed by atoms with E-state index in [1.807, 2.05) is 0 Å². The SMILES string of the molecule is CCS(=O)(=O)CCNC(=NC)N1CC(C)(C)C1(C)C. The molecule has 0 spiro atoms. The summed E-state index contributed by atoms with van der Waals surface area (Å²) in [6.45, 7) is 11.9. The van der Waals surface area contributed by atoms with E-state index in [0.29, 0.717) is 6.54 Å². The normalized spacial score (nSPS) is 22.0. The molecule has 0 aliphatic carbocycles. The van der Waals surface area contributed by atoms with Crippen LogP contribution in [0.15, 0.2) is 4.99 Å². The van der Waals surface area contributed by atoms with Crippen LogP contribution in [0.3, 0.4) is 0 Å². The van der Waals surface area contributed by atoms with Gasteiger partial charge in [-0.15, -0.1) is 0 Å². The molecule has 0 aromatic carbocycles. The van der Waals surface area contributed by atoms with Crippen molar-refractivity contribution in [3.05, 3.63) is 0 Å². The van der Waals surface area contributed by atoms with Gasteiger partial charge >= 0.3 is 0 Å². The van der Waals surface area contributed by atoms with Gasteiger partial charge in [0.25, 0.3) is 0 Å². The Morgan fingerprint density at radius 3 is 2.26 bits per heavy atom. The Kier molecular flexibility index (Phi) is 4.55. The molecule has 0 unspecified atom stereocenters. The Balaban J connectivity index is 2.59. The van der Waals surface area contributed by atoms with Crippen LogP contribution in [0.4, 0.5) is 0 Å². The lowest BCUT2D eigenvalue weighted by molar-refractivity contribution is -0.0666. The van der Waals surface area contributed by atoms with Gasteiger partial charge in [-0.2, -0.15) is 0 Å². The Bertz CT molecular complexity index is 453. The molecule has 1 aliphatic rings. The minimum absolute atomic E-state index is 0.0263. The van der Waals surface area contributed by atoms with Crippen LogP contribution in [0.5, 0.6) is 0 Å². The molecule has 19 heavy (non-hydrogen) atoms. The van der Waals surface area contributed by atoms with Gasteiger partial charge in [0.05, 0.1) is 5.75 Å². The first kappa shape index (κ1) is 16.3. The Morgan fingerprint density at radius 1 is 1.32 bits per heavy atom. The molecule has 0 saturated carbocycles. The zero-order valence-electron chi connectivity index (χ0n) is 12.9. The maximum Gasteiger partial charge on any atom is 0.194 e. The van der Waals surface area contributed by atoms with Gasteiger partial charge in [-0.05, 0) is 13.8 Å². The van der Waals surface area contributed by atoms with Crippen molar-refractivity contribution in [3.8, 4) is 0 Å². The number of nitrogens with zero attached hydrogens (tertiary/aromatic N) is 2. The number of nitrogens with one attached hydrogen (secondary N) is 1. The number of sulfone groups is 1. The van der Waals surface area contributed by atoms with Crippen LogP contribution >= 0.6 is 0 Å². The lowest BCUT2D eigenvalue weighted by atomic mass is 9.65. The zero-order chi connectivity index (χ0) is 14.9. The molecule has 1 saturated heterocycles. The summed E-state index contributed by atoms with van der Waals surface area (Å²) in [6.07, 6.45) is 0. The maximum atomic E-state index is 11.5. The Hall–Kier alpha value is -0.780. The van der Waals surface area contributed by atoms with Crippen molar-refractivity contribution in [1.82, 2.24) is 10.2 Å². The molecule has 5 nitrogen and oxygen atoms in total. The molecule has 0 aromatic rings. The quantitative estimate of drug-likeness (QED) is 0.622. The number of aliphatic imine (C=N–C) groups is 1. The zero-order valence-corrected chi connectivity index (χ0v) is 13.8. The van der Waals surface area contributed by atoms with Crippen LogP contribution in [0.25, 0.3) is 0 Å². The van der Waals surface area contributed by atoms with E-state index in [1.54, 1.807) is 14.0 Å². The summed E-state index contributed by atoms with van der Waals surface area (Å²) >= 11 is 0. The molecule has 112 valence electrons. The first-order valence-corrected chi connectivity index (χ1v) is 8.58. The Labute approximate surface area is 117 Å². The Morgan fingerprint density at radius 2 is 1.89 bits per heavy atom. The fourth-order valence-electron chi connectivity index (χ4n) is 2.16. The van der Waals surface area contributed by atoms with E-state index in [9.17, 15) is 8.42 Å². The van der Waals surface area contributed by atoms with Gasteiger partial charge in [0, 0.05) is 36.8 Å². The summed E-state index contributed by atoms with van der Waals surface area (Å²) < 4.78 is 22.9. The van der Waals surface area contributed by atoms with E-state index in [1.165, 1.54) is 0 Å². The molecule has 0 aromatic heterocycles. The predicted octanol–water partition coefficient (Wildman–Crippen LogP) is 1.12. The van der Waals surface area contributed by atoms with Crippen molar-refractivity contribution >= 4 is 15.8 Å². The number of rotatable bonds is 4. The lowest BCUT2D eigenvalue weighted by Crippen LogP contribution is -2.72. The van der Waals surface area contributed by atoms with E-state index < -0.39 is 9.84 Å². The van der Waals surface area contributed by atoms with Crippen molar-refractivity contribution in [2.75, 3.05) is 31.6 Å². The van der Waals surface area contributed by atoms with Crippen LogP contribution in [0.1, 0.15) is 34.6 Å². The molecule has 0 radical (unpaired) electrons. The minimum atomic E-state index is -2.93. The third-order valence-electron chi connectivity index (χ3n) is 4.49. The van der Waals surface area contributed by atoms with Crippen LogP contribution < -0.4 is 5.32 Å². The minimum Gasteiger partial charge on any atom is -0.355 e. The van der Waals surface area contributed by atoms with Crippen LogP contribution in [-0.4, -0.2) is 56.5 Å². The van der Waals surface area contributed by atoms with Gasteiger partial charge in [-0.3, -0.25) is 4.99 Å². The van der Waals surface area contributed by atoms with Gasteiger partial charge < -0.3 is 10.2 Å². The highest BCUT2D eigenvalue weighted by atomic mass is 32.2. The van der Waals surface area contributed by atoms with Crippen molar-refractivity contribution in [3.63, 3.8) is 0 Å². The molecule has 1 fully saturated rings. The average molecular weight is 289 g/mol. The smallest absolute Gasteiger partial charge is 0.194 e. The fraction of sp³-hybridized carbons (Fsp3) is 0.923. The highest BCUT2D eigenvalue weighted by Gasteiger charge is 2.53. The number of guanidine groups is 1. The molecule has 1 aliphatic heterocycles. The molecule has 1 rings (SSSR count). The molecular weight excluding hydrogens is 262 g/mol. The van der Waals surface area contributed by atoms with E-state index >= 15 is 0 Å². The van der Waals surface area contributed by atoms with E-state index in [4.69, 9.17) is 0 Å². The second-order valence-electron chi connectivity index (χ2n) is 6.24. The summed E-state index contributed by atoms with van der Waals surface area (Å²) in [5, 5.41) is 3.15. The molecule has 1 heterocycles. The molecular formula is C13H27N3O2S. The van der Waals surface area contributed by atoms with E-state index in [2.05, 4.69) is 42.9 Å². The van der Waals surface area contributed by atoms with Gasteiger partial charge in [0.15, 0.2) is 15.8 Å². The van der Waals surface area contributed by atoms with Crippen molar-refractivity contribution in [1.29, 1.82) is 0 Å². The summed E-state index contributed by atoms with van der Waals surface area (Å²) in [4.78, 5) is 6.45. The highest BCUT2D eigenvalue weighted by molar-refractivity contribution is 7.91. The molecule has 0 atom stereocenters. The van der Waals surface area contributed by atoms with E-state index in [0.717, 1.165) is 12.5 Å². The third kappa shape index (κ3) is 3.22. The van der Waals surface area contributed by atoms with Crippen molar-refractivity contribution in [2.45, 2.75) is 40.2 Å². The van der Waals surface area contributed by atoms with Gasteiger partial charge in [-0.1, -0.05) is 20.8 Å². The maximum absolute atomic E-state index is 11.5. The summed E-state index contributed by atoms with van der Waals surface area (Å²) in [5.41, 5.74) is 0.262. The van der Waals surface area contributed by atoms with Crippen molar-refractivity contribution in [2.24, 2.45) is 10.4 Å². The second-order valence-corrected chi connectivity index (χ2v) is 8.71. The van der Waals surface area contributed by atoms with Crippen molar-refractivity contribution < 1.29 is 8.42 Å². The van der Waals surface area contributed by atoms with Crippen LogP contribution in [0.2, 0.25) is 0 Å². The van der Waals surface area contributed by atoms with Crippen LogP contribution in [-0.2, 0) is 9.84 Å². The number of hydrogen-bond donors (Lipinski definition) is 1. The topological polar surface area (TPSA) is 61.8 Å². The molecule has 0 bridgehead atoms. The second kappa shape index (κ2) is 5.31. The highest BCUT2D eigenvalue weighted by Crippen LogP contribution is 2.46. The molecule has 0 amide bonds. The van der Waals surface area contributed by atoms with Crippen LogP contribution in [0, 0.1) is 5.41 Å². The molecule has 6 heteroatoms. The number of hydrogen-bond acceptors (Lipinski definition) is 3. The summed E-state index contributed by atoms with van der Waals surface area (Å²) in [6, 6.07) is 0. The first-order valence-electron chi connectivity index (χ1n) is 6.76. The third-order valence-corrected chi connectivity index (χ3v) is 6.19. The first-order chi connectivity index (χ1) is 8.57. The van der Waals surface area contributed by atoms with E-state index in [-0.39, 0.29) is 22.5 Å². The molecule has 1 N–H and O–H groups in total. The monoisotopic (exact) mass is 289 g/mol. The predicted molar refractivity (Wildman–Crippen MR) is 80.3 cm³/mol. The summed E-state index contributed by atoms with van der Waals surface area (Å²) in [5.74, 6) is 1.13. The standard InChI is InChI=1S/C13H27N3O2S/c1-7-19(17,18)9-8-15-11(14-6)16-10-12(2,3)13(16,4)5/h7-10H2,1-6H3,(H,14,15). The van der Waals surface area contributed by atoms with Gasteiger partial charge in [0.1, 0.15) is 0 Å². The van der Waals surface area contributed by atoms with Gasteiger partial charge in [0.2, 0.25) is 0 Å². The number of likely N-dealkylation sites (tertiary alicyclic amines) is 1. The summed E-state index contributed by atoms with van der Waals surface area (Å²) in [7, 11) is -1.19. The fourth-order valence-corrected chi connectivity index (χ4v) is 2.86. The lowest BCUT2D eigenvalue weighted by Gasteiger charge is -2.62.